The Morgan fingerprint density at radius 1 is 1.03 bits per heavy atom. The molecule has 1 unspecified atom stereocenters. The molecule has 1 atom stereocenters. The second-order valence-corrected chi connectivity index (χ2v) is 11.6. The summed E-state index contributed by atoms with van der Waals surface area (Å²) in [6.07, 6.45) is 5.16. The maximum absolute atomic E-state index is 13.7. The molecular weight excluding hydrogens is 462 g/mol. The van der Waals surface area contributed by atoms with Gasteiger partial charge in [0.05, 0.1) is 11.9 Å². The van der Waals surface area contributed by atoms with Gasteiger partial charge in [-0.25, -0.2) is 8.42 Å². The first kappa shape index (κ1) is 26.7. The van der Waals surface area contributed by atoms with Crippen LogP contribution in [0.1, 0.15) is 54.9 Å². The predicted octanol–water partition coefficient (Wildman–Crippen LogP) is 3.85. The number of carbonyl (C=O) groups is 2. The third-order valence-corrected chi connectivity index (χ3v) is 7.91. The van der Waals surface area contributed by atoms with E-state index in [1.165, 1.54) is 4.90 Å². The zero-order valence-corrected chi connectivity index (χ0v) is 22.2. The summed E-state index contributed by atoms with van der Waals surface area (Å²) < 4.78 is 26.7. The van der Waals surface area contributed by atoms with E-state index in [0.717, 1.165) is 58.5 Å². The molecule has 0 radical (unpaired) electrons. The van der Waals surface area contributed by atoms with Gasteiger partial charge >= 0.3 is 0 Å². The van der Waals surface area contributed by atoms with Gasteiger partial charge in [-0.1, -0.05) is 49.2 Å². The Labute approximate surface area is 209 Å². The fourth-order valence-electron chi connectivity index (χ4n) is 4.53. The van der Waals surface area contributed by atoms with E-state index >= 15 is 0 Å². The van der Waals surface area contributed by atoms with Gasteiger partial charge in [-0.05, 0) is 68.9 Å². The smallest absolute Gasteiger partial charge is 0.244 e. The summed E-state index contributed by atoms with van der Waals surface area (Å²) in [6.45, 7) is 7.21. The molecule has 0 bridgehead atoms. The highest BCUT2D eigenvalue weighted by Crippen LogP contribution is 2.25. The zero-order chi connectivity index (χ0) is 25.8. The summed E-state index contributed by atoms with van der Waals surface area (Å²) >= 11 is 0. The Hall–Kier alpha value is -2.87. The molecule has 1 saturated carbocycles. The number of hydrogen-bond acceptors (Lipinski definition) is 4. The first-order valence-electron chi connectivity index (χ1n) is 12.2. The number of sulfonamides is 1. The van der Waals surface area contributed by atoms with E-state index in [2.05, 4.69) is 5.32 Å². The van der Waals surface area contributed by atoms with Gasteiger partial charge in [0.15, 0.2) is 0 Å². The molecule has 1 aliphatic rings. The summed E-state index contributed by atoms with van der Waals surface area (Å²) in [5.41, 5.74) is 4.04. The number of aryl methyl sites for hydroxylation is 3. The van der Waals surface area contributed by atoms with Crippen LogP contribution in [0.15, 0.2) is 42.5 Å². The number of rotatable bonds is 9. The van der Waals surface area contributed by atoms with Crippen molar-refractivity contribution >= 4 is 27.5 Å². The van der Waals surface area contributed by atoms with Gasteiger partial charge in [-0.2, -0.15) is 0 Å². The highest BCUT2D eigenvalue weighted by molar-refractivity contribution is 7.92. The lowest BCUT2D eigenvalue weighted by atomic mass is 10.1. The molecule has 0 heterocycles. The Morgan fingerprint density at radius 2 is 1.69 bits per heavy atom. The third-order valence-electron chi connectivity index (χ3n) is 6.78. The fourth-order valence-corrected chi connectivity index (χ4v) is 5.43. The molecule has 0 spiro atoms. The average Bonchev–Trinajstić information content (AvgIpc) is 3.30. The van der Waals surface area contributed by atoms with Crippen LogP contribution in [0.5, 0.6) is 0 Å². The normalized spacial score (nSPS) is 15.0. The molecule has 190 valence electrons. The minimum Gasteiger partial charge on any atom is -0.352 e. The number of nitrogens with zero attached hydrogens (tertiary/aromatic N) is 2. The summed E-state index contributed by atoms with van der Waals surface area (Å²) in [5.74, 6) is -0.634. The van der Waals surface area contributed by atoms with Crippen LogP contribution in [0.25, 0.3) is 0 Å². The van der Waals surface area contributed by atoms with Gasteiger partial charge in [-0.15, -0.1) is 0 Å². The van der Waals surface area contributed by atoms with Crippen molar-refractivity contribution in [1.82, 2.24) is 10.2 Å². The van der Waals surface area contributed by atoms with Crippen molar-refractivity contribution in [2.45, 2.75) is 72.0 Å². The van der Waals surface area contributed by atoms with E-state index < -0.39 is 22.0 Å². The lowest BCUT2D eigenvalue weighted by Gasteiger charge is -2.32. The molecule has 1 fully saturated rings. The van der Waals surface area contributed by atoms with E-state index in [1.807, 2.05) is 57.2 Å². The van der Waals surface area contributed by atoms with Crippen LogP contribution >= 0.6 is 0 Å². The average molecular weight is 500 g/mol. The summed E-state index contributed by atoms with van der Waals surface area (Å²) in [5, 5.41) is 3.08. The van der Waals surface area contributed by atoms with Gasteiger partial charge in [0.2, 0.25) is 21.8 Å². The van der Waals surface area contributed by atoms with Crippen molar-refractivity contribution in [2.24, 2.45) is 0 Å². The number of benzene rings is 2. The third kappa shape index (κ3) is 6.84. The van der Waals surface area contributed by atoms with Gasteiger partial charge in [0.1, 0.15) is 12.6 Å². The minimum atomic E-state index is -3.75. The highest BCUT2D eigenvalue weighted by atomic mass is 32.2. The summed E-state index contributed by atoms with van der Waals surface area (Å²) in [6, 6.07) is 12.6. The lowest BCUT2D eigenvalue weighted by Crippen LogP contribution is -2.52. The summed E-state index contributed by atoms with van der Waals surface area (Å²) in [4.78, 5) is 28.3. The van der Waals surface area contributed by atoms with Gasteiger partial charge in [0.25, 0.3) is 0 Å². The standard InChI is InChI=1S/C27H37N3O4S/c1-19-14-15-21(3)25(16-19)30(35(5,33)34)18-26(31)29(17-23-11-7-6-10-20(23)2)22(4)27(32)28-24-12-8-9-13-24/h6-7,10-11,14-16,22,24H,8-9,12-13,17-18H2,1-5H3,(H,28,32). The quantitative estimate of drug-likeness (QED) is 0.568. The van der Waals surface area contributed by atoms with Crippen LogP contribution in [-0.4, -0.2) is 50.0 Å². The first-order valence-corrected chi connectivity index (χ1v) is 14.0. The maximum Gasteiger partial charge on any atom is 0.244 e. The van der Waals surface area contributed by atoms with Crippen molar-refractivity contribution in [2.75, 3.05) is 17.1 Å². The fraction of sp³-hybridized carbons (Fsp3) is 0.481. The Bertz CT molecular complexity index is 1170. The van der Waals surface area contributed by atoms with Crippen molar-refractivity contribution in [1.29, 1.82) is 0 Å². The molecule has 7 nitrogen and oxygen atoms in total. The minimum absolute atomic E-state index is 0.128. The Morgan fingerprint density at radius 3 is 2.31 bits per heavy atom. The Balaban J connectivity index is 1.92. The molecule has 2 amide bonds. The van der Waals surface area contributed by atoms with E-state index in [1.54, 1.807) is 13.0 Å². The molecule has 8 heteroatoms. The van der Waals surface area contributed by atoms with Crippen LogP contribution in [0.2, 0.25) is 0 Å². The molecule has 35 heavy (non-hydrogen) atoms. The van der Waals surface area contributed by atoms with Gasteiger partial charge < -0.3 is 10.2 Å². The number of amides is 2. The molecule has 2 aromatic rings. The molecule has 2 aromatic carbocycles. The maximum atomic E-state index is 13.7. The second kappa shape index (κ2) is 11.2. The van der Waals surface area contributed by atoms with E-state index in [4.69, 9.17) is 0 Å². The predicted molar refractivity (Wildman–Crippen MR) is 140 cm³/mol. The van der Waals surface area contributed by atoms with Gasteiger partial charge in [-0.3, -0.25) is 13.9 Å². The molecule has 0 aliphatic heterocycles. The molecule has 1 aliphatic carbocycles. The number of carbonyl (C=O) groups excluding carboxylic acids is 2. The van der Waals surface area contributed by atoms with E-state index in [9.17, 15) is 18.0 Å². The largest absolute Gasteiger partial charge is 0.352 e. The first-order chi connectivity index (χ1) is 16.5. The summed E-state index contributed by atoms with van der Waals surface area (Å²) in [7, 11) is -3.75. The van der Waals surface area contributed by atoms with Crippen molar-refractivity contribution in [3.63, 3.8) is 0 Å². The van der Waals surface area contributed by atoms with E-state index in [-0.39, 0.29) is 25.0 Å². The van der Waals surface area contributed by atoms with Crippen molar-refractivity contribution in [3.8, 4) is 0 Å². The van der Waals surface area contributed by atoms with E-state index in [0.29, 0.717) is 5.69 Å². The van der Waals surface area contributed by atoms with Crippen LogP contribution in [0.3, 0.4) is 0 Å². The SMILES string of the molecule is Cc1ccc(C)c(N(CC(=O)N(Cc2ccccc2C)C(C)C(=O)NC2CCCC2)S(C)(=O)=O)c1. The number of hydrogen-bond donors (Lipinski definition) is 1. The molecule has 0 saturated heterocycles. The van der Waals surface area contributed by atoms with Crippen LogP contribution < -0.4 is 9.62 Å². The second-order valence-electron chi connectivity index (χ2n) is 9.67. The van der Waals surface area contributed by atoms with Crippen molar-refractivity contribution in [3.05, 3.63) is 64.7 Å². The highest BCUT2D eigenvalue weighted by Gasteiger charge is 2.32. The van der Waals surface area contributed by atoms with Crippen LogP contribution in [0.4, 0.5) is 5.69 Å². The van der Waals surface area contributed by atoms with Crippen LogP contribution in [-0.2, 0) is 26.2 Å². The number of anilines is 1. The Kier molecular flexibility index (Phi) is 8.59. The monoisotopic (exact) mass is 499 g/mol. The van der Waals surface area contributed by atoms with Gasteiger partial charge in [0, 0.05) is 12.6 Å². The van der Waals surface area contributed by atoms with Crippen molar-refractivity contribution < 1.29 is 18.0 Å². The molecule has 0 aromatic heterocycles. The van der Waals surface area contributed by atoms with Crippen LogP contribution in [0, 0.1) is 20.8 Å². The zero-order valence-electron chi connectivity index (χ0n) is 21.4. The lowest BCUT2D eigenvalue weighted by molar-refractivity contribution is -0.139. The molecular formula is C27H37N3O4S. The molecule has 3 rings (SSSR count). The number of nitrogens with one attached hydrogen (secondary N) is 1. The molecule has 1 N–H and O–H groups in total. The topological polar surface area (TPSA) is 86.8 Å².